The third kappa shape index (κ3) is 5.13. The predicted octanol–water partition coefficient (Wildman–Crippen LogP) is 2.14. The summed E-state index contributed by atoms with van der Waals surface area (Å²) in [5.74, 6) is 1.00. The molecule has 4 heteroatoms. The summed E-state index contributed by atoms with van der Waals surface area (Å²) >= 11 is 4.24. The summed E-state index contributed by atoms with van der Waals surface area (Å²) in [4.78, 5) is 11.6. The van der Waals surface area contributed by atoms with Gasteiger partial charge in [0.25, 0.3) is 0 Å². The number of thiol groups is 1. The predicted molar refractivity (Wildman–Crippen MR) is 72.6 cm³/mol. The Morgan fingerprint density at radius 3 is 2.59 bits per heavy atom. The smallest absolute Gasteiger partial charge is 0.233 e. The van der Waals surface area contributed by atoms with Crippen LogP contribution in [0.2, 0.25) is 0 Å². The fourth-order valence-corrected chi connectivity index (χ4v) is 1.36. The van der Waals surface area contributed by atoms with Gasteiger partial charge in [0, 0.05) is 0 Å². The minimum Gasteiger partial charge on any atom is -0.492 e. The Hall–Kier alpha value is -1.16. The minimum atomic E-state index is -0.258. The molecule has 1 rings (SSSR count). The molecule has 1 N–H and O–H groups in total. The number of carbonyl (C=O) groups excluding carboxylic acids is 1. The summed E-state index contributed by atoms with van der Waals surface area (Å²) in [6.45, 7) is 4.90. The van der Waals surface area contributed by atoms with Crippen molar-refractivity contribution in [1.29, 1.82) is 0 Å². The lowest BCUT2D eigenvalue weighted by molar-refractivity contribution is -0.121. The Morgan fingerprint density at radius 2 is 2.00 bits per heavy atom. The van der Waals surface area contributed by atoms with Gasteiger partial charge in [0.05, 0.1) is 11.8 Å². The van der Waals surface area contributed by atoms with Crippen LogP contribution in [0.25, 0.3) is 0 Å². The molecular formula is C13H19NO2S. The highest BCUT2D eigenvalue weighted by molar-refractivity contribution is 7.81. The Kier molecular flexibility index (Phi) is 5.91. The maximum absolute atomic E-state index is 11.6. The van der Waals surface area contributed by atoms with Gasteiger partial charge in [-0.25, -0.2) is 0 Å². The summed E-state index contributed by atoms with van der Waals surface area (Å²) < 4.78 is 5.46. The summed E-state index contributed by atoms with van der Waals surface area (Å²) in [6, 6.07) is 9.53. The lowest BCUT2D eigenvalue weighted by atomic mass is 10.1. The van der Waals surface area contributed by atoms with Crippen LogP contribution in [-0.2, 0) is 4.79 Å². The number of carbonyl (C=O) groups is 1. The molecule has 1 unspecified atom stereocenters. The third-order valence-corrected chi connectivity index (χ3v) is 3.14. The summed E-state index contributed by atoms with van der Waals surface area (Å²) in [6.07, 6.45) is 0. The van der Waals surface area contributed by atoms with E-state index in [1.165, 1.54) is 0 Å². The monoisotopic (exact) mass is 253 g/mol. The summed E-state index contributed by atoms with van der Waals surface area (Å²) in [7, 11) is 0. The molecule has 17 heavy (non-hydrogen) atoms. The molecule has 1 aromatic rings. The molecule has 0 aliphatic rings. The van der Waals surface area contributed by atoms with Crippen LogP contribution in [0.5, 0.6) is 5.75 Å². The minimum absolute atomic E-state index is 0.0417. The Morgan fingerprint density at radius 1 is 1.35 bits per heavy atom. The summed E-state index contributed by atoms with van der Waals surface area (Å²) in [5.41, 5.74) is 0. The fraction of sp³-hybridized carbons (Fsp3) is 0.462. The number of benzene rings is 1. The normalized spacial score (nSPS) is 12.2. The van der Waals surface area contributed by atoms with Crippen molar-refractivity contribution >= 4 is 18.5 Å². The zero-order valence-electron chi connectivity index (χ0n) is 10.2. The van der Waals surface area contributed by atoms with Gasteiger partial charge in [-0.1, -0.05) is 32.0 Å². The quantitative estimate of drug-likeness (QED) is 0.602. The second-order valence-corrected chi connectivity index (χ2v) is 4.70. The molecule has 94 valence electrons. The van der Waals surface area contributed by atoms with Crippen molar-refractivity contribution in [1.82, 2.24) is 5.32 Å². The highest BCUT2D eigenvalue weighted by Gasteiger charge is 2.16. The molecule has 1 aromatic carbocycles. The molecule has 0 saturated heterocycles. The van der Waals surface area contributed by atoms with Crippen LogP contribution >= 0.6 is 12.6 Å². The van der Waals surface area contributed by atoms with Crippen molar-refractivity contribution in [3.8, 4) is 5.75 Å². The van der Waals surface area contributed by atoms with Gasteiger partial charge in [0.15, 0.2) is 0 Å². The number of hydrogen-bond acceptors (Lipinski definition) is 3. The first-order valence-electron chi connectivity index (χ1n) is 5.75. The average molecular weight is 253 g/mol. The van der Waals surface area contributed by atoms with Crippen LogP contribution < -0.4 is 10.1 Å². The number of rotatable bonds is 6. The Bertz CT molecular complexity index is 341. The van der Waals surface area contributed by atoms with Crippen LogP contribution in [0.1, 0.15) is 13.8 Å². The number of hydrogen-bond donors (Lipinski definition) is 2. The summed E-state index contributed by atoms with van der Waals surface area (Å²) in [5, 5.41) is 2.54. The van der Waals surface area contributed by atoms with E-state index in [0.717, 1.165) is 5.75 Å². The van der Waals surface area contributed by atoms with E-state index in [9.17, 15) is 4.79 Å². The van der Waals surface area contributed by atoms with E-state index in [0.29, 0.717) is 13.2 Å². The van der Waals surface area contributed by atoms with E-state index in [2.05, 4.69) is 17.9 Å². The average Bonchev–Trinajstić information content (AvgIpc) is 2.34. The van der Waals surface area contributed by atoms with Crippen molar-refractivity contribution in [2.24, 2.45) is 5.92 Å². The topological polar surface area (TPSA) is 38.3 Å². The second kappa shape index (κ2) is 7.22. The van der Waals surface area contributed by atoms with Gasteiger partial charge in [-0.05, 0) is 18.1 Å². The second-order valence-electron chi connectivity index (χ2n) is 4.14. The van der Waals surface area contributed by atoms with Crippen LogP contribution in [0, 0.1) is 5.92 Å². The molecule has 0 heterocycles. The maximum atomic E-state index is 11.6. The van der Waals surface area contributed by atoms with Gasteiger partial charge in [-0.15, -0.1) is 0 Å². The first kappa shape index (κ1) is 13.9. The van der Waals surface area contributed by atoms with E-state index in [1.54, 1.807) is 0 Å². The zero-order chi connectivity index (χ0) is 12.7. The molecule has 0 radical (unpaired) electrons. The molecule has 0 saturated carbocycles. The molecule has 3 nitrogen and oxygen atoms in total. The largest absolute Gasteiger partial charge is 0.492 e. The highest BCUT2D eigenvalue weighted by atomic mass is 32.1. The molecule has 0 spiro atoms. The molecule has 0 bridgehead atoms. The maximum Gasteiger partial charge on any atom is 0.233 e. The fourth-order valence-electron chi connectivity index (χ4n) is 1.27. The van der Waals surface area contributed by atoms with Gasteiger partial charge in [0.2, 0.25) is 5.91 Å². The van der Waals surface area contributed by atoms with E-state index in [1.807, 2.05) is 44.2 Å². The number of nitrogens with one attached hydrogen (secondary N) is 1. The number of ether oxygens (including phenoxy) is 1. The van der Waals surface area contributed by atoms with Crippen LogP contribution in [0.15, 0.2) is 30.3 Å². The van der Waals surface area contributed by atoms with Crippen molar-refractivity contribution in [2.75, 3.05) is 13.2 Å². The lowest BCUT2D eigenvalue weighted by Crippen LogP contribution is -2.36. The van der Waals surface area contributed by atoms with Gasteiger partial charge in [0.1, 0.15) is 12.4 Å². The standard InChI is InChI=1S/C13H19NO2S/c1-10(2)12(17)13(15)14-8-9-16-11-6-4-3-5-7-11/h3-7,10,12,17H,8-9H2,1-2H3,(H,14,15). The van der Waals surface area contributed by atoms with E-state index < -0.39 is 0 Å². The van der Waals surface area contributed by atoms with Gasteiger partial charge < -0.3 is 10.1 Å². The van der Waals surface area contributed by atoms with Gasteiger partial charge in [-0.2, -0.15) is 12.6 Å². The Labute approximate surface area is 108 Å². The molecule has 1 atom stereocenters. The van der Waals surface area contributed by atoms with Crippen molar-refractivity contribution < 1.29 is 9.53 Å². The molecule has 0 aromatic heterocycles. The third-order valence-electron chi connectivity index (χ3n) is 2.31. The van der Waals surface area contributed by atoms with Gasteiger partial charge in [-0.3, -0.25) is 4.79 Å². The number of para-hydroxylation sites is 1. The lowest BCUT2D eigenvalue weighted by Gasteiger charge is -2.14. The Balaban J connectivity index is 2.18. The van der Waals surface area contributed by atoms with E-state index in [4.69, 9.17) is 4.74 Å². The molecule has 0 fully saturated rings. The van der Waals surface area contributed by atoms with Crippen molar-refractivity contribution in [3.63, 3.8) is 0 Å². The van der Waals surface area contributed by atoms with Crippen molar-refractivity contribution in [3.05, 3.63) is 30.3 Å². The van der Waals surface area contributed by atoms with Gasteiger partial charge >= 0.3 is 0 Å². The van der Waals surface area contributed by atoms with E-state index >= 15 is 0 Å². The first-order valence-corrected chi connectivity index (χ1v) is 6.26. The molecule has 1 amide bonds. The molecule has 0 aliphatic carbocycles. The number of amides is 1. The highest BCUT2D eigenvalue weighted by Crippen LogP contribution is 2.09. The first-order chi connectivity index (χ1) is 8.11. The van der Waals surface area contributed by atoms with E-state index in [-0.39, 0.29) is 17.1 Å². The van der Waals surface area contributed by atoms with Crippen LogP contribution in [0.3, 0.4) is 0 Å². The zero-order valence-corrected chi connectivity index (χ0v) is 11.1. The SMILES string of the molecule is CC(C)C(S)C(=O)NCCOc1ccccc1. The molecular weight excluding hydrogens is 234 g/mol. The van der Waals surface area contributed by atoms with Crippen molar-refractivity contribution in [2.45, 2.75) is 19.1 Å². The van der Waals surface area contributed by atoms with Crippen LogP contribution in [0.4, 0.5) is 0 Å². The van der Waals surface area contributed by atoms with Crippen LogP contribution in [-0.4, -0.2) is 24.3 Å². The molecule has 0 aliphatic heterocycles.